The number of sulfone groups is 1. The third-order valence-corrected chi connectivity index (χ3v) is 6.06. The van der Waals surface area contributed by atoms with Crippen LogP contribution in [0, 0.1) is 0 Å². The van der Waals surface area contributed by atoms with E-state index >= 15 is 0 Å². The molecule has 0 aromatic carbocycles. The number of piperidine rings is 1. The SMILES string of the molecule is CCS(=O)(=O)CCN1CCC(Nc2cc(C(C)C)ncn2)CC1. The number of nitrogens with one attached hydrogen (secondary N) is 1. The molecule has 2 heterocycles. The van der Waals surface area contributed by atoms with Crippen LogP contribution in [0.25, 0.3) is 0 Å². The lowest BCUT2D eigenvalue weighted by Crippen LogP contribution is -2.41. The summed E-state index contributed by atoms with van der Waals surface area (Å²) >= 11 is 0. The second-order valence-electron chi connectivity index (χ2n) is 6.48. The van der Waals surface area contributed by atoms with E-state index in [9.17, 15) is 8.42 Å². The normalized spacial score (nSPS) is 17.6. The van der Waals surface area contributed by atoms with Gasteiger partial charge in [-0.3, -0.25) is 0 Å². The van der Waals surface area contributed by atoms with Crippen molar-refractivity contribution >= 4 is 15.7 Å². The van der Waals surface area contributed by atoms with Crippen molar-refractivity contribution in [2.45, 2.75) is 45.6 Å². The fraction of sp³-hybridized carbons (Fsp3) is 0.750. The molecule has 1 aliphatic heterocycles. The third kappa shape index (κ3) is 5.73. The smallest absolute Gasteiger partial charge is 0.151 e. The maximum Gasteiger partial charge on any atom is 0.151 e. The maximum atomic E-state index is 11.6. The van der Waals surface area contributed by atoms with Crippen LogP contribution in [0.4, 0.5) is 5.82 Å². The van der Waals surface area contributed by atoms with Crippen LogP contribution in [-0.2, 0) is 9.84 Å². The molecule has 1 N–H and O–H groups in total. The minimum Gasteiger partial charge on any atom is -0.367 e. The van der Waals surface area contributed by atoms with Gasteiger partial charge in [0.1, 0.15) is 12.1 Å². The topological polar surface area (TPSA) is 75.2 Å². The van der Waals surface area contributed by atoms with E-state index in [4.69, 9.17) is 0 Å². The number of aromatic nitrogens is 2. The molecule has 0 atom stereocenters. The summed E-state index contributed by atoms with van der Waals surface area (Å²) in [6.45, 7) is 8.45. The molecule has 1 fully saturated rings. The fourth-order valence-corrected chi connectivity index (χ4v) is 3.51. The molecule has 0 unspecified atom stereocenters. The van der Waals surface area contributed by atoms with Gasteiger partial charge in [0.2, 0.25) is 0 Å². The van der Waals surface area contributed by atoms with Gasteiger partial charge >= 0.3 is 0 Å². The molecule has 23 heavy (non-hydrogen) atoms. The Hall–Kier alpha value is -1.21. The number of anilines is 1. The summed E-state index contributed by atoms with van der Waals surface area (Å²) in [5, 5.41) is 3.48. The molecule has 0 saturated carbocycles. The number of nitrogens with zero attached hydrogens (tertiary/aromatic N) is 3. The fourth-order valence-electron chi connectivity index (χ4n) is 2.69. The number of hydrogen-bond donors (Lipinski definition) is 1. The van der Waals surface area contributed by atoms with Crippen LogP contribution in [0.2, 0.25) is 0 Å². The van der Waals surface area contributed by atoms with Crippen molar-refractivity contribution in [2.24, 2.45) is 0 Å². The van der Waals surface area contributed by atoms with Gasteiger partial charge in [0, 0.05) is 43.2 Å². The molecule has 130 valence electrons. The Bertz CT molecular complexity index is 596. The molecule has 0 radical (unpaired) electrons. The molecule has 0 bridgehead atoms. The highest BCUT2D eigenvalue weighted by atomic mass is 32.2. The van der Waals surface area contributed by atoms with Gasteiger partial charge in [-0.1, -0.05) is 20.8 Å². The Kier molecular flexibility index (Phi) is 6.35. The van der Waals surface area contributed by atoms with Gasteiger partial charge in [-0.2, -0.15) is 0 Å². The van der Waals surface area contributed by atoms with Gasteiger partial charge in [-0.25, -0.2) is 18.4 Å². The average molecular weight is 340 g/mol. The first-order valence-electron chi connectivity index (χ1n) is 8.41. The first-order valence-corrected chi connectivity index (χ1v) is 10.2. The Morgan fingerprint density at radius 2 is 2.00 bits per heavy atom. The Balaban J connectivity index is 1.80. The summed E-state index contributed by atoms with van der Waals surface area (Å²) in [6.07, 6.45) is 3.63. The van der Waals surface area contributed by atoms with Gasteiger partial charge in [0.25, 0.3) is 0 Å². The minimum absolute atomic E-state index is 0.233. The third-order valence-electron chi connectivity index (χ3n) is 4.38. The number of likely N-dealkylation sites (tertiary alicyclic amines) is 1. The number of hydrogen-bond acceptors (Lipinski definition) is 6. The van der Waals surface area contributed by atoms with Gasteiger partial charge in [-0.15, -0.1) is 0 Å². The molecule has 6 nitrogen and oxygen atoms in total. The van der Waals surface area contributed by atoms with Crippen LogP contribution >= 0.6 is 0 Å². The standard InChI is InChI=1S/C16H28N4O2S/c1-4-23(21,22)10-9-20-7-5-14(6-8-20)19-16-11-15(13(2)3)17-12-18-16/h11-14H,4-10H2,1-3H3,(H,17,18,19). The summed E-state index contributed by atoms with van der Waals surface area (Å²) < 4.78 is 23.2. The van der Waals surface area contributed by atoms with Crippen LogP contribution in [0.1, 0.15) is 45.2 Å². The molecule has 1 aromatic rings. The molecular formula is C16H28N4O2S. The zero-order valence-corrected chi connectivity index (χ0v) is 15.1. The second kappa shape index (κ2) is 8.06. The average Bonchev–Trinajstić information content (AvgIpc) is 2.54. The monoisotopic (exact) mass is 340 g/mol. The molecule has 2 rings (SSSR count). The van der Waals surface area contributed by atoms with E-state index in [0.29, 0.717) is 18.5 Å². The van der Waals surface area contributed by atoms with Crippen molar-refractivity contribution in [3.8, 4) is 0 Å². The zero-order chi connectivity index (χ0) is 16.9. The van der Waals surface area contributed by atoms with Gasteiger partial charge in [-0.05, 0) is 18.8 Å². The van der Waals surface area contributed by atoms with E-state index in [0.717, 1.165) is 37.4 Å². The summed E-state index contributed by atoms with van der Waals surface area (Å²) in [5.74, 6) is 1.78. The van der Waals surface area contributed by atoms with Crippen molar-refractivity contribution in [3.05, 3.63) is 18.1 Å². The van der Waals surface area contributed by atoms with Gasteiger partial charge in [0.05, 0.1) is 5.75 Å². The van der Waals surface area contributed by atoms with Crippen LogP contribution in [-0.4, -0.2) is 60.5 Å². The van der Waals surface area contributed by atoms with Crippen LogP contribution in [0.5, 0.6) is 0 Å². The van der Waals surface area contributed by atoms with E-state index in [2.05, 4.69) is 34.0 Å². The predicted molar refractivity (Wildman–Crippen MR) is 93.5 cm³/mol. The van der Waals surface area contributed by atoms with E-state index in [1.165, 1.54) is 0 Å². The van der Waals surface area contributed by atoms with Crippen LogP contribution in [0.15, 0.2) is 12.4 Å². The second-order valence-corrected chi connectivity index (χ2v) is 8.95. The molecule has 1 aromatic heterocycles. The van der Waals surface area contributed by atoms with E-state index in [1.54, 1.807) is 13.3 Å². The Morgan fingerprint density at radius 1 is 1.30 bits per heavy atom. The number of rotatable bonds is 7. The van der Waals surface area contributed by atoms with Gasteiger partial charge < -0.3 is 10.2 Å². The molecule has 0 aliphatic carbocycles. The lowest BCUT2D eigenvalue weighted by molar-refractivity contribution is 0.230. The summed E-state index contributed by atoms with van der Waals surface area (Å²) in [7, 11) is -2.87. The molecule has 1 saturated heterocycles. The largest absolute Gasteiger partial charge is 0.367 e. The highest BCUT2D eigenvalue weighted by Gasteiger charge is 2.20. The Morgan fingerprint density at radius 3 is 2.61 bits per heavy atom. The first kappa shape index (κ1) is 18.1. The molecule has 7 heteroatoms. The molecule has 1 aliphatic rings. The van der Waals surface area contributed by atoms with Crippen molar-refractivity contribution < 1.29 is 8.42 Å². The summed E-state index contributed by atoms with van der Waals surface area (Å²) in [6, 6.07) is 2.41. The van der Waals surface area contributed by atoms with E-state index < -0.39 is 9.84 Å². The zero-order valence-electron chi connectivity index (χ0n) is 14.3. The molecule has 0 spiro atoms. The molecule has 0 amide bonds. The van der Waals surface area contributed by atoms with E-state index in [-0.39, 0.29) is 11.5 Å². The van der Waals surface area contributed by atoms with Crippen LogP contribution in [0.3, 0.4) is 0 Å². The van der Waals surface area contributed by atoms with Gasteiger partial charge in [0.15, 0.2) is 9.84 Å². The van der Waals surface area contributed by atoms with Crippen molar-refractivity contribution in [1.29, 1.82) is 0 Å². The van der Waals surface area contributed by atoms with Crippen molar-refractivity contribution in [1.82, 2.24) is 14.9 Å². The van der Waals surface area contributed by atoms with Crippen LogP contribution < -0.4 is 5.32 Å². The summed E-state index contributed by atoms with van der Waals surface area (Å²) in [4.78, 5) is 10.8. The lowest BCUT2D eigenvalue weighted by atomic mass is 10.0. The highest BCUT2D eigenvalue weighted by Crippen LogP contribution is 2.18. The molecular weight excluding hydrogens is 312 g/mol. The first-order chi connectivity index (χ1) is 10.9. The highest BCUT2D eigenvalue weighted by molar-refractivity contribution is 7.91. The quantitative estimate of drug-likeness (QED) is 0.817. The Labute approximate surface area is 139 Å². The minimum atomic E-state index is -2.87. The van der Waals surface area contributed by atoms with Crippen molar-refractivity contribution in [3.63, 3.8) is 0 Å². The lowest BCUT2D eigenvalue weighted by Gasteiger charge is -2.32. The predicted octanol–water partition coefficient (Wildman–Crippen LogP) is 1.91. The maximum absolute atomic E-state index is 11.6. The van der Waals surface area contributed by atoms with E-state index in [1.807, 2.05) is 6.07 Å². The summed E-state index contributed by atoms with van der Waals surface area (Å²) in [5.41, 5.74) is 1.05. The van der Waals surface area contributed by atoms with Crippen molar-refractivity contribution in [2.75, 3.05) is 36.5 Å².